The molecule has 1 aliphatic rings. The third-order valence-corrected chi connectivity index (χ3v) is 4.50. The van der Waals surface area contributed by atoms with E-state index in [0.717, 1.165) is 18.1 Å². The van der Waals surface area contributed by atoms with Crippen LogP contribution >= 0.6 is 11.8 Å². The van der Waals surface area contributed by atoms with Gasteiger partial charge in [-0.25, -0.2) is 0 Å². The number of ether oxygens (including phenoxy) is 1. The molecule has 0 aromatic heterocycles. The van der Waals surface area contributed by atoms with Crippen molar-refractivity contribution in [3.8, 4) is 0 Å². The van der Waals surface area contributed by atoms with E-state index < -0.39 is 0 Å². The smallest absolute Gasteiger partial charge is 0.0818 e. The summed E-state index contributed by atoms with van der Waals surface area (Å²) in [6, 6.07) is 11.2. The highest BCUT2D eigenvalue weighted by atomic mass is 32.2. The summed E-state index contributed by atoms with van der Waals surface area (Å²) in [6.07, 6.45) is 3.97. The van der Waals surface area contributed by atoms with Crippen LogP contribution in [0.5, 0.6) is 0 Å². The molecule has 3 heteroatoms. The fourth-order valence-corrected chi connectivity index (χ4v) is 3.37. The Kier molecular flexibility index (Phi) is 6.05. The lowest BCUT2D eigenvalue weighted by Gasteiger charge is -2.30. The highest BCUT2D eigenvalue weighted by Crippen LogP contribution is 2.18. The number of thioether (sulfide) groups is 1. The van der Waals surface area contributed by atoms with Crippen molar-refractivity contribution in [1.29, 1.82) is 0 Å². The number of rotatable bonds is 6. The van der Waals surface area contributed by atoms with E-state index >= 15 is 0 Å². The Morgan fingerprint density at radius 3 is 2.89 bits per heavy atom. The molecule has 1 N–H and O–H groups in total. The number of nitrogens with one attached hydrogen (secondary N) is 1. The molecule has 1 aliphatic heterocycles. The van der Waals surface area contributed by atoms with Crippen LogP contribution in [-0.2, 0) is 11.2 Å². The van der Waals surface area contributed by atoms with E-state index in [2.05, 4.69) is 42.7 Å². The molecule has 0 aliphatic carbocycles. The van der Waals surface area contributed by atoms with E-state index in [4.69, 9.17) is 4.74 Å². The third kappa shape index (κ3) is 4.30. The summed E-state index contributed by atoms with van der Waals surface area (Å²) >= 11 is 2.01. The summed E-state index contributed by atoms with van der Waals surface area (Å²) in [7, 11) is 2.05. The van der Waals surface area contributed by atoms with Gasteiger partial charge in [0.25, 0.3) is 0 Å². The summed E-state index contributed by atoms with van der Waals surface area (Å²) in [6.45, 7) is 0.909. The Hall–Kier alpha value is -0.510. The van der Waals surface area contributed by atoms with Gasteiger partial charge in [0.15, 0.2) is 0 Å². The standard InChI is InChI=1S/C15H23NOS/c1-16-14(15-12-18-11-10-17-15)9-5-8-13-6-3-2-4-7-13/h2-4,6-7,14-16H,5,8-12H2,1H3. The van der Waals surface area contributed by atoms with Crippen molar-refractivity contribution in [3.05, 3.63) is 35.9 Å². The molecule has 18 heavy (non-hydrogen) atoms. The number of hydrogen-bond acceptors (Lipinski definition) is 3. The minimum absolute atomic E-state index is 0.393. The number of benzene rings is 1. The predicted molar refractivity (Wildman–Crippen MR) is 79.3 cm³/mol. The highest BCUT2D eigenvalue weighted by Gasteiger charge is 2.22. The van der Waals surface area contributed by atoms with Crippen molar-refractivity contribution in [2.45, 2.75) is 31.4 Å². The van der Waals surface area contributed by atoms with Gasteiger partial charge in [-0.2, -0.15) is 11.8 Å². The Balaban J connectivity index is 1.73. The molecule has 1 heterocycles. The average Bonchev–Trinajstić information content (AvgIpc) is 2.46. The molecule has 2 unspecified atom stereocenters. The van der Waals surface area contributed by atoms with Gasteiger partial charge in [0.1, 0.15) is 0 Å². The van der Waals surface area contributed by atoms with Gasteiger partial charge < -0.3 is 10.1 Å². The molecule has 0 bridgehead atoms. The highest BCUT2D eigenvalue weighted by molar-refractivity contribution is 7.99. The van der Waals surface area contributed by atoms with Crippen LogP contribution < -0.4 is 5.32 Å². The van der Waals surface area contributed by atoms with Crippen LogP contribution in [0.3, 0.4) is 0 Å². The van der Waals surface area contributed by atoms with Gasteiger partial charge >= 0.3 is 0 Å². The van der Waals surface area contributed by atoms with Gasteiger partial charge in [0.05, 0.1) is 12.7 Å². The summed E-state index contributed by atoms with van der Waals surface area (Å²) in [5, 5.41) is 3.42. The van der Waals surface area contributed by atoms with Crippen molar-refractivity contribution in [3.63, 3.8) is 0 Å². The Bertz CT molecular complexity index is 325. The molecule has 100 valence electrons. The van der Waals surface area contributed by atoms with Gasteiger partial charge in [-0.15, -0.1) is 0 Å². The first kappa shape index (κ1) is 13.9. The second-order valence-electron chi connectivity index (χ2n) is 4.76. The largest absolute Gasteiger partial charge is 0.375 e. The zero-order valence-electron chi connectivity index (χ0n) is 11.1. The van der Waals surface area contributed by atoms with E-state index in [0.29, 0.717) is 12.1 Å². The van der Waals surface area contributed by atoms with Gasteiger partial charge in [-0.3, -0.25) is 0 Å². The van der Waals surface area contributed by atoms with Gasteiger partial charge in [-0.05, 0) is 31.9 Å². The normalized spacial score (nSPS) is 21.7. The van der Waals surface area contributed by atoms with Gasteiger partial charge in [-0.1, -0.05) is 30.3 Å². The van der Waals surface area contributed by atoms with Crippen LogP contribution in [0, 0.1) is 0 Å². The molecule has 2 atom stereocenters. The van der Waals surface area contributed by atoms with Crippen LogP contribution in [0.2, 0.25) is 0 Å². The molecule has 0 spiro atoms. The number of likely N-dealkylation sites (N-methyl/N-ethyl adjacent to an activating group) is 1. The van der Waals surface area contributed by atoms with Crippen LogP contribution in [0.4, 0.5) is 0 Å². The molecule has 0 radical (unpaired) electrons. The molecule has 0 saturated carbocycles. The molecular weight excluding hydrogens is 242 g/mol. The molecular formula is C15H23NOS. The lowest BCUT2D eigenvalue weighted by atomic mass is 10.0. The molecule has 1 saturated heterocycles. The average molecular weight is 265 g/mol. The molecule has 1 aromatic rings. The van der Waals surface area contributed by atoms with E-state index in [1.165, 1.54) is 24.8 Å². The van der Waals surface area contributed by atoms with Crippen molar-refractivity contribution >= 4 is 11.8 Å². The number of aryl methyl sites for hydroxylation is 1. The van der Waals surface area contributed by atoms with Crippen LogP contribution in [0.15, 0.2) is 30.3 Å². The zero-order chi connectivity index (χ0) is 12.6. The van der Waals surface area contributed by atoms with Crippen molar-refractivity contribution in [1.82, 2.24) is 5.32 Å². The maximum Gasteiger partial charge on any atom is 0.0818 e. The van der Waals surface area contributed by atoms with Crippen molar-refractivity contribution < 1.29 is 4.74 Å². The van der Waals surface area contributed by atoms with E-state index in [1.807, 2.05) is 11.8 Å². The van der Waals surface area contributed by atoms with Gasteiger partial charge in [0.2, 0.25) is 0 Å². The zero-order valence-corrected chi connectivity index (χ0v) is 11.9. The molecule has 1 aromatic carbocycles. The maximum absolute atomic E-state index is 5.85. The first-order valence-electron chi connectivity index (χ1n) is 6.80. The summed E-state index contributed by atoms with van der Waals surface area (Å²) in [5.41, 5.74) is 1.44. The molecule has 2 nitrogen and oxygen atoms in total. The molecule has 2 rings (SSSR count). The molecule has 0 amide bonds. The summed E-state index contributed by atoms with van der Waals surface area (Å²) < 4.78 is 5.85. The monoisotopic (exact) mass is 265 g/mol. The van der Waals surface area contributed by atoms with E-state index in [9.17, 15) is 0 Å². The Morgan fingerprint density at radius 2 is 2.22 bits per heavy atom. The van der Waals surface area contributed by atoms with Crippen LogP contribution in [0.1, 0.15) is 18.4 Å². The first-order valence-corrected chi connectivity index (χ1v) is 7.96. The van der Waals surface area contributed by atoms with Crippen LogP contribution in [0.25, 0.3) is 0 Å². The predicted octanol–water partition coefficient (Wildman–Crippen LogP) is 2.73. The van der Waals surface area contributed by atoms with Crippen LogP contribution in [-0.4, -0.2) is 37.3 Å². The fourth-order valence-electron chi connectivity index (χ4n) is 2.43. The Labute approximate surface area is 114 Å². The fraction of sp³-hybridized carbons (Fsp3) is 0.600. The van der Waals surface area contributed by atoms with Crippen molar-refractivity contribution in [2.24, 2.45) is 0 Å². The van der Waals surface area contributed by atoms with Crippen molar-refractivity contribution in [2.75, 3.05) is 25.2 Å². The second kappa shape index (κ2) is 7.82. The third-order valence-electron chi connectivity index (χ3n) is 3.48. The SMILES string of the molecule is CNC(CCCc1ccccc1)C1CSCCO1. The summed E-state index contributed by atoms with van der Waals surface area (Å²) in [4.78, 5) is 0. The minimum Gasteiger partial charge on any atom is -0.375 e. The Morgan fingerprint density at radius 1 is 1.39 bits per heavy atom. The van der Waals surface area contributed by atoms with E-state index in [-0.39, 0.29) is 0 Å². The lowest BCUT2D eigenvalue weighted by molar-refractivity contribution is 0.0464. The van der Waals surface area contributed by atoms with Gasteiger partial charge in [0, 0.05) is 17.5 Å². The second-order valence-corrected chi connectivity index (χ2v) is 5.91. The quantitative estimate of drug-likeness (QED) is 0.854. The minimum atomic E-state index is 0.393. The van der Waals surface area contributed by atoms with E-state index in [1.54, 1.807) is 0 Å². The maximum atomic E-state index is 5.85. The topological polar surface area (TPSA) is 21.3 Å². The molecule has 1 fully saturated rings. The summed E-state index contributed by atoms with van der Waals surface area (Å²) in [5.74, 6) is 2.29. The number of hydrogen-bond donors (Lipinski definition) is 1. The lowest BCUT2D eigenvalue weighted by Crippen LogP contribution is -2.43. The first-order chi connectivity index (χ1) is 8.90.